The highest BCUT2D eigenvalue weighted by Gasteiger charge is 2.29. The van der Waals surface area contributed by atoms with E-state index in [0.29, 0.717) is 5.69 Å². The van der Waals surface area contributed by atoms with Crippen LogP contribution in [0.3, 0.4) is 0 Å². The van der Waals surface area contributed by atoms with Crippen molar-refractivity contribution >= 4 is 62.5 Å². The summed E-state index contributed by atoms with van der Waals surface area (Å²) in [5, 5.41) is 4.53. The van der Waals surface area contributed by atoms with Gasteiger partial charge in [-0.3, -0.25) is 14.4 Å². The Bertz CT molecular complexity index is 1170. The van der Waals surface area contributed by atoms with Crippen LogP contribution in [0.15, 0.2) is 52.3 Å². The number of thioether (sulfide) groups is 1. The molecule has 0 aromatic heterocycles. The van der Waals surface area contributed by atoms with Gasteiger partial charge in [0.1, 0.15) is 4.90 Å². The summed E-state index contributed by atoms with van der Waals surface area (Å²) in [7, 11) is -1.09. The van der Waals surface area contributed by atoms with Crippen LogP contribution in [0.5, 0.6) is 0 Å². The Balaban J connectivity index is 1.55. The molecule has 32 heavy (non-hydrogen) atoms. The monoisotopic (exact) mass is 497 g/mol. The SMILES string of the molecule is CN(C)S(=O)(=O)c1cc(NC(=O)COC(=O)C[C@H]2Sc3ccccc3NC2=O)ccc1Cl. The zero-order valence-electron chi connectivity index (χ0n) is 17.1. The van der Waals surface area contributed by atoms with Crippen molar-refractivity contribution in [2.45, 2.75) is 21.5 Å². The number of halogens is 1. The fraction of sp³-hybridized carbons (Fsp3) is 0.250. The molecule has 1 atom stereocenters. The number of esters is 1. The summed E-state index contributed by atoms with van der Waals surface area (Å²) < 4.78 is 30.6. The fourth-order valence-electron chi connectivity index (χ4n) is 2.76. The van der Waals surface area contributed by atoms with Gasteiger partial charge in [-0.25, -0.2) is 12.7 Å². The number of carbonyl (C=O) groups is 3. The van der Waals surface area contributed by atoms with Crippen LogP contribution < -0.4 is 10.6 Å². The smallest absolute Gasteiger partial charge is 0.307 e. The van der Waals surface area contributed by atoms with Gasteiger partial charge in [-0.05, 0) is 30.3 Å². The summed E-state index contributed by atoms with van der Waals surface area (Å²) in [5.41, 5.74) is 0.861. The van der Waals surface area contributed by atoms with Gasteiger partial charge in [0.05, 0.1) is 22.4 Å². The average molecular weight is 498 g/mol. The predicted octanol–water partition coefficient (Wildman–Crippen LogP) is 2.58. The minimum Gasteiger partial charge on any atom is -0.456 e. The first kappa shape index (κ1) is 24.1. The molecule has 0 saturated carbocycles. The molecule has 170 valence electrons. The summed E-state index contributed by atoms with van der Waals surface area (Å²) in [6.45, 7) is -0.590. The van der Waals surface area contributed by atoms with Crippen LogP contribution in [0.4, 0.5) is 11.4 Å². The van der Waals surface area contributed by atoms with Crippen LogP contribution in [0.2, 0.25) is 5.02 Å². The molecule has 1 aliphatic rings. The van der Waals surface area contributed by atoms with Gasteiger partial charge < -0.3 is 15.4 Å². The van der Waals surface area contributed by atoms with Crippen LogP contribution in [0.1, 0.15) is 6.42 Å². The number of ether oxygens (including phenoxy) is 1. The van der Waals surface area contributed by atoms with Crippen LogP contribution in [0.25, 0.3) is 0 Å². The minimum absolute atomic E-state index is 0.00737. The van der Waals surface area contributed by atoms with Gasteiger partial charge in [0.2, 0.25) is 15.9 Å². The summed E-state index contributed by atoms with van der Waals surface area (Å²) in [6.07, 6.45) is -0.204. The molecule has 1 aliphatic heterocycles. The highest BCUT2D eigenvalue weighted by atomic mass is 35.5. The van der Waals surface area contributed by atoms with Crippen molar-refractivity contribution in [3.63, 3.8) is 0 Å². The molecule has 0 radical (unpaired) electrons. The van der Waals surface area contributed by atoms with E-state index in [0.717, 1.165) is 9.20 Å². The number of sulfonamides is 1. The quantitative estimate of drug-likeness (QED) is 0.564. The lowest BCUT2D eigenvalue weighted by molar-refractivity contribution is -0.147. The molecule has 1 heterocycles. The van der Waals surface area contributed by atoms with Crippen LogP contribution >= 0.6 is 23.4 Å². The average Bonchev–Trinajstić information content (AvgIpc) is 2.74. The fourth-order valence-corrected chi connectivity index (χ4v) is 5.24. The standard InChI is InChI=1S/C20H20ClN3O6S2/c1-24(2)32(28,29)17-9-12(7-8-13(17)21)22-18(25)11-30-19(26)10-16-20(27)23-14-5-3-4-6-15(14)31-16/h3-9,16H,10-11H2,1-2H3,(H,22,25)(H,23,27)/t16-/m1/s1. The summed E-state index contributed by atoms with van der Waals surface area (Å²) in [4.78, 5) is 37.1. The van der Waals surface area contributed by atoms with E-state index in [9.17, 15) is 22.8 Å². The lowest BCUT2D eigenvalue weighted by atomic mass is 10.2. The number of hydrogen-bond acceptors (Lipinski definition) is 7. The summed E-state index contributed by atoms with van der Waals surface area (Å²) in [5.74, 6) is -1.69. The normalized spacial score (nSPS) is 15.6. The van der Waals surface area contributed by atoms with Crippen LogP contribution in [-0.2, 0) is 29.1 Å². The van der Waals surface area contributed by atoms with E-state index < -0.39 is 33.8 Å². The molecule has 0 saturated heterocycles. The number of carbonyl (C=O) groups excluding carboxylic acids is 3. The maximum atomic E-state index is 12.3. The van der Waals surface area contributed by atoms with E-state index in [1.165, 1.54) is 44.1 Å². The second kappa shape index (κ2) is 9.90. The summed E-state index contributed by atoms with van der Waals surface area (Å²) in [6, 6.07) is 11.2. The highest BCUT2D eigenvalue weighted by Crippen LogP contribution is 2.36. The number of anilines is 2. The molecule has 0 unspecified atom stereocenters. The van der Waals surface area contributed by atoms with Crippen molar-refractivity contribution in [2.75, 3.05) is 31.3 Å². The van der Waals surface area contributed by atoms with Gasteiger partial charge in [-0.15, -0.1) is 11.8 Å². The van der Waals surface area contributed by atoms with Gasteiger partial charge in [0.15, 0.2) is 6.61 Å². The third-order valence-corrected chi connectivity index (χ3v) is 7.97. The topological polar surface area (TPSA) is 122 Å². The van der Waals surface area contributed by atoms with E-state index in [1.807, 2.05) is 12.1 Å². The number of nitrogens with zero attached hydrogens (tertiary/aromatic N) is 1. The molecule has 0 spiro atoms. The molecule has 0 aliphatic carbocycles. The zero-order valence-corrected chi connectivity index (χ0v) is 19.5. The maximum Gasteiger partial charge on any atom is 0.307 e. The largest absolute Gasteiger partial charge is 0.456 e. The lowest BCUT2D eigenvalue weighted by Gasteiger charge is -2.23. The van der Waals surface area contributed by atoms with Gasteiger partial charge in [-0.2, -0.15) is 0 Å². The van der Waals surface area contributed by atoms with Crippen molar-refractivity contribution in [2.24, 2.45) is 0 Å². The van der Waals surface area contributed by atoms with Crippen molar-refractivity contribution in [1.29, 1.82) is 0 Å². The number of benzene rings is 2. The molecule has 2 amide bonds. The Kier molecular flexibility index (Phi) is 7.44. The van der Waals surface area contributed by atoms with Gasteiger partial charge in [-0.1, -0.05) is 23.7 Å². The number of para-hydroxylation sites is 1. The number of nitrogens with one attached hydrogen (secondary N) is 2. The Hall–Kier alpha value is -2.60. The second-order valence-corrected chi connectivity index (χ2v) is 10.7. The first-order valence-corrected chi connectivity index (χ1v) is 12.0. The molecular formula is C20H20ClN3O6S2. The number of hydrogen-bond donors (Lipinski definition) is 2. The van der Waals surface area contributed by atoms with Crippen LogP contribution in [0, 0.1) is 0 Å². The van der Waals surface area contributed by atoms with Gasteiger partial charge >= 0.3 is 5.97 Å². The van der Waals surface area contributed by atoms with Gasteiger partial charge in [0, 0.05) is 24.7 Å². The van der Waals surface area contributed by atoms with E-state index in [2.05, 4.69) is 10.6 Å². The summed E-state index contributed by atoms with van der Waals surface area (Å²) >= 11 is 7.23. The lowest BCUT2D eigenvalue weighted by Crippen LogP contribution is -2.32. The molecule has 0 bridgehead atoms. The Labute approximate surface area is 194 Å². The van der Waals surface area contributed by atoms with E-state index in [1.54, 1.807) is 12.1 Å². The Morgan fingerprint density at radius 3 is 2.66 bits per heavy atom. The van der Waals surface area contributed by atoms with Gasteiger partial charge in [0.25, 0.3) is 5.91 Å². The number of rotatable bonds is 7. The third kappa shape index (κ3) is 5.60. The van der Waals surface area contributed by atoms with Crippen molar-refractivity contribution in [3.05, 3.63) is 47.5 Å². The molecule has 9 nitrogen and oxygen atoms in total. The first-order chi connectivity index (χ1) is 15.1. The molecular weight excluding hydrogens is 478 g/mol. The highest BCUT2D eigenvalue weighted by molar-refractivity contribution is 8.01. The molecule has 12 heteroatoms. The second-order valence-electron chi connectivity index (χ2n) is 6.94. The van der Waals surface area contributed by atoms with E-state index in [-0.39, 0.29) is 27.9 Å². The molecule has 2 N–H and O–H groups in total. The van der Waals surface area contributed by atoms with Crippen molar-refractivity contribution < 1.29 is 27.5 Å². The predicted molar refractivity (Wildman–Crippen MR) is 121 cm³/mol. The van der Waals surface area contributed by atoms with Crippen LogP contribution in [-0.4, -0.2) is 56.5 Å². The molecule has 3 rings (SSSR count). The Morgan fingerprint density at radius 1 is 1.22 bits per heavy atom. The minimum atomic E-state index is -3.81. The molecule has 2 aromatic rings. The van der Waals surface area contributed by atoms with E-state index in [4.69, 9.17) is 16.3 Å². The molecule has 0 fully saturated rings. The van der Waals surface area contributed by atoms with E-state index >= 15 is 0 Å². The number of fused-ring (bicyclic) bond motifs is 1. The Morgan fingerprint density at radius 2 is 1.94 bits per heavy atom. The zero-order chi connectivity index (χ0) is 23.5. The first-order valence-electron chi connectivity index (χ1n) is 9.32. The van der Waals surface area contributed by atoms with Crippen molar-refractivity contribution in [3.8, 4) is 0 Å². The third-order valence-electron chi connectivity index (χ3n) is 4.40. The number of amides is 2. The maximum absolute atomic E-state index is 12.3. The molecule has 2 aromatic carbocycles. The van der Waals surface area contributed by atoms with Crippen molar-refractivity contribution in [1.82, 2.24) is 4.31 Å².